The summed E-state index contributed by atoms with van der Waals surface area (Å²) in [6.07, 6.45) is 10.5. The first-order valence-corrected chi connectivity index (χ1v) is 17.9. The first-order valence-electron chi connectivity index (χ1n) is 17.9. The van der Waals surface area contributed by atoms with Gasteiger partial charge in [-0.3, -0.25) is 9.59 Å². The third kappa shape index (κ3) is 4.65. The predicted octanol–water partition coefficient (Wildman–Crippen LogP) is 8.59. The Morgan fingerprint density at radius 2 is 1.59 bits per heavy atom. The molecule has 0 aromatic heterocycles. The Hall–Kier alpha value is -2.63. The molecule has 0 heterocycles. The summed E-state index contributed by atoms with van der Waals surface area (Å²) >= 11 is 0. The van der Waals surface area contributed by atoms with Gasteiger partial charge in [0.15, 0.2) is 0 Å². The van der Waals surface area contributed by atoms with Gasteiger partial charge < -0.3 is 15.2 Å². The van der Waals surface area contributed by atoms with Crippen LogP contribution < -0.4 is 5.32 Å². The van der Waals surface area contributed by atoms with Crippen LogP contribution in [0.3, 0.4) is 0 Å². The van der Waals surface area contributed by atoms with E-state index in [1.165, 1.54) is 18.4 Å². The van der Waals surface area contributed by atoms with Gasteiger partial charge in [0.2, 0.25) is 5.91 Å². The minimum absolute atomic E-state index is 0.0227. The number of hydrogen-bond acceptors (Lipinski definition) is 4. The van der Waals surface area contributed by atoms with Crippen molar-refractivity contribution in [3.05, 3.63) is 47.5 Å². The van der Waals surface area contributed by atoms with Gasteiger partial charge in [0.25, 0.3) is 0 Å². The fourth-order valence-electron chi connectivity index (χ4n) is 13.2. The number of ether oxygens (including phenoxy) is 1. The van der Waals surface area contributed by atoms with Crippen molar-refractivity contribution in [1.29, 1.82) is 0 Å². The van der Waals surface area contributed by atoms with E-state index in [2.05, 4.69) is 53.4 Å². The zero-order chi connectivity index (χ0) is 33.4. The average Bonchev–Trinajstić information content (AvgIpc) is 3.39. The summed E-state index contributed by atoms with van der Waals surface area (Å²) in [6, 6.07) is 6.99. The third-order valence-corrected chi connectivity index (χ3v) is 15.5. The van der Waals surface area contributed by atoms with E-state index in [0.29, 0.717) is 29.2 Å². The second kappa shape index (κ2) is 11.2. The van der Waals surface area contributed by atoms with Crippen molar-refractivity contribution < 1.29 is 24.2 Å². The molecule has 6 rings (SSSR count). The van der Waals surface area contributed by atoms with E-state index in [-0.39, 0.29) is 57.7 Å². The molecule has 0 unspecified atom stereocenters. The Labute approximate surface area is 276 Å². The highest BCUT2D eigenvalue weighted by molar-refractivity contribution is 5.90. The first-order chi connectivity index (χ1) is 21.5. The fraction of sp³-hybridized carbons (Fsp3) is 0.725. The number of allylic oxidation sites excluding steroid dienone is 1. The lowest BCUT2D eigenvalue weighted by molar-refractivity contribution is -0.248. The number of carboxylic acids is 1. The van der Waals surface area contributed by atoms with Gasteiger partial charge in [-0.05, 0) is 129 Å². The Kier molecular flexibility index (Phi) is 8.12. The normalized spacial score (nSPS) is 42.4. The molecule has 1 aromatic carbocycles. The molecule has 6 nitrogen and oxygen atoms in total. The number of aromatic carboxylic acids is 1. The number of nitrogens with one attached hydrogen (secondary N) is 1. The van der Waals surface area contributed by atoms with Gasteiger partial charge in [-0.1, -0.05) is 65.0 Å². The van der Waals surface area contributed by atoms with Crippen LogP contribution >= 0.6 is 0 Å². The van der Waals surface area contributed by atoms with Crippen LogP contribution in [0.4, 0.5) is 0 Å². The summed E-state index contributed by atoms with van der Waals surface area (Å²) < 4.78 is 5.93. The number of rotatable bonds is 6. The van der Waals surface area contributed by atoms with E-state index in [9.17, 15) is 19.5 Å². The van der Waals surface area contributed by atoms with Gasteiger partial charge in [0, 0.05) is 18.9 Å². The van der Waals surface area contributed by atoms with Crippen molar-refractivity contribution in [2.24, 2.45) is 56.7 Å². The number of fused-ring (bicyclic) bond motifs is 7. The average molecular weight is 632 g/mol. The maximum atomic E-state index is 14.5. The lowest BCUT2D eigenvalue weighted by atomic mass is 9.32. The van der Waals surface area contributed by atoms with Crippen LogP contribution in [-0.2, 0) is 20.9 Å². The molecule has 0 bridgehead atoms. The molecule has 1 aromatic rings. The Bertz CT molecular complexity index is 1430. The van der Waals surface area contributed by atoms with Gasteiger partial charge in [-0.2, -0.15) is 0 Å². The summed E-state index contributed by atoms with van der Waals surface area (Å²) in [6.45, 7) is 20.9. The van der Waals surface area contributed by atoms with E-state index in [1.807, 2.05) is 12.1 Å². The second-order valence-electron chi connectivity index (χ2n) is 17.4. The molecule has 46 heavy (non-hydrogen) atoms. The summed E-state index contributed by atoms with van der Waals surface area (Å²) in [5.74, 6) is 1.09. The molecule has 0 saturated heterocycles. The molecule has 2 N–H and O–H groups in total. The SMILES string of the molecule is C=C(C)[C@@H]1CC[C@]2(C(=O)NCc3ccccc3C(=O)O)CC[C@]3(C)[C@H](CC[C@@H]4[C@@]5(C)CC[C@H](OC(C)=O)C(C)(C)[C@@H]5CC[C@]43C)[C@@H]12. The summed E-state index contributed by atoms with van der Waals surface area (Å²) in [5, 5.41) is 13.0. The maximum absolute atomic E-state index is 14.5. The van der Waals surface area contributed by atoms with E-state index >= 15 is 0 Å². The highest BCUT2D eigenvalue weighted by Crippen LogP contribution is 2.77. The van der Waals surface area contributed by atoms with Gasteiger partial charge in [-0.15, -0.1) is 0 Å². The molecule has 0 aliphatic heterocycles. The van der Waals surface area contributed by atoms with Crippen molar-refractivity contribution in [1.82, 2.24) is 5.32 Å². The number of hydrogen-bond donors (Lipinski definition) is 2. The van der Waals surface area contributed by atoms with Crippen LogP contribution in [0.25, 0.3) is 0 Å². The fourth-order valence-corrected chi connectivity index (χ4v) is 13.2. The van der Waals surface area contributed by atoms with Gasteiger partial charge in [0.05, 0.1) is 11.0 Å². The van der Waals surface area contributed by atoms with Gasteiger partial charge >= 0.3 is 11.9 Å². The molecule has 6 heteroatoms. The first kappa shape index (κ1) is 33.3. The summed E-state index contributed by atoms with van der Waals surface area (Å²) in [5.41, 5.74) is 2.06. The third-order valence-electron chi connectivity index (χ3n) is 15.5. The highest BCUT2D eigenvalue weighted by Gasteiger charge is 2.72. The van der Waals surface area contributed by atoms with E-state index < -0.39 is 11.4 Å². The van der Waals surface area contributed by atoms with Gasteiger partial charge in [-0.25, -0.2) is 4.79 Å². The number of esters is 1. The standard InChI is InChI=1S/C40H57NO5/c1-24(2)27-15-20-40(35(45)41-23-26-11-9-10-12-28(26)34(43)44)22-21-38(7)29(33(27)40)13-14-31-37(6)18-17-32(46-25(3)42)36(4,5)30(37)16-19-39(31,38)8/h9-12,27,29-33H,1,13-23H2,2-8H3,(H,41,45)(H,43,44)/t27-,29+,30-,31+,32-,33+,37-,38+,39+,40-/m0/s1. The van der Waals surface area contributed by atoms with Crippen molar-refractivity contribution in [3.8, 4) is 0 Å². The predicted molar refractivity (Wildman–Crippen MR) is 180 cm³/mol. The van der Waals surface area contributed by atoms with Crippen molar-refractivity contribution in [2.75, 3.05) is 0 Å². The van der Waals surface area contributed by atoms with Crippen molar-refractivity contribution in [2.45, 2.75) is 125 Å². The Balaban J connectivity index is 1.31. The Morgan fingerprint density at radius 3 is 2.26 bits per heavy atom. The smallest absolute Gasteiger partial charge is 0.336 e. The molecule has 5 saturated carbocycles. The van der Waals surface area contributed by atoms with Crippen LogP contribution in [0, 0.1) is 56.7 Å². The van der Waals surface area contributed by atoms with Crippen LogP contribution in [0.1, 0.15) is 129 Å². The largest absolute Gasteiger partial charge is 0.478 e. The molecular formula is C40H57NO5. The topological polar surface area (TPSA) is 92.7 Å². The molecule has 252 valence electrons. The number of carboxylic acid groups (broad SMARTS) is 1. The van der Waals surface area contributed by atoms with Crippen LogP contribution in [-0.4, -0.2) is 29.1 Å². The van der Waals surface area contributed by atoms with Crippen molar-refractivity contribution in [3.63, 3.8) is 0 Å². The number of carbonyl (C=O) groups is 3. The van der Waals surface area contributed by atoms with Crippen LogP contribution in [0.5, 0.6) is 0 Å². The molecule has 5 aliphatic carbocycles. The minimum atomic E-state index is -0.964. The molecule has 0 radical (unpaired) electrons. The number of carbonyl (C=O) groups excluding carboxylic acids is 2. The minimum Gasteiger partial charge on any atom is -0.478 e. The van der Waals surface area contributed by atoms with Crippen molar-refractivity contribution >= 4 is 17.8 Å². The lowest BCUT2D eigenvalue weighted by Gasteiger charge is -2.72. The quantitative estimate of drug-likeness (QED) is 0.242. The number of amides is 1. The zero-order valence-electron chi connectivity index (χ0n) is 29.3. The van der Waals surface area contributed by atoms with Gasteiger partial charge in [0.1, 0.15) is 6.10 Å². The van der Waals surface area contributed by atoms with E-state index in [1.54, 1.807) is 19.1 Å². The Morgan fingerprint density at radius 1 is 0.870 bits per heavy atom. The lowest BCUT2D eigenvalue weighted by Crippen LogP contribution is -2.67. The van der Waals surface area contributed by atoms with E-state index in [0.717, 1.165) is 51.4 Å². The molecular weight excluding hydrogens is 574 g/mol. The molecule has 0 spiro atoms. The number of benzene rings is 1. The highest BCUT2D eigenvalue weighted by atomic mass is 16.5. The maximum Gasteiger partial charge on any atom is 0.336 e. The molecule has 10 atom stereocenters. The van der Waals surface area contributed by atoms with E-state index in [4.69, 9.17) is 4.74 Å². The van der Waals surface area contributed by atoms with Crippen LogP contribution in [0.2, 0.25) is 0 Å². The summed E-state index contributed by atoms with van der Waals surface area (Å²) in [7, 11) is 0. The molecule has 1 amide bonds. The second-order valence-corrected chi connectivity index (χ2v) is 17.4. The molecule has 5 fully saturated rings. The summed E-state index contributed by atoms with van der Waals surface area (Å²) in [4.78, 5) is 38.4. The monoisotopic (exact) mass is 631 g/mol. The zero-order valence-corrected chi connectivity index (χ0v) is 29.3. The van der Waals surface area contributed by atoms with Crippen LogP contribution in [0.15, 0.2) is 36.4 Å². The molecule has 5 aliphatic rings.